The smallest absolute Gasteiger partial charge is 0.261 e. The summed E-state index contributed by atoms with van der Waals surface area (Å²) < 4.78 is 22.3. The molecule has 1 aromatic carbocycles. The number of amides is 1. The number of imidazole rings is 1. The van der Waals surface area contributed by atoms with E-state index in [1.165, 1.54) is 18.9 Å². The summed E-state index contributed by atoms with van der Waals surface area (Å²) in [7, 11) is 0. The number of benzene rings is 1. The third kappa shape index (κ3) is 3.83. The Balaban J connectivity index is 1.38. The van der Waals surface area contributed by atoms with Crippen molar-refractivity contribution in [2.45, 2.75) is 32.2 Å². The van der Waals surface area contributed by atoms with Crippen LogP contribution < -0.4 is 20.3 Å². The fourth-order valence-corrected chi connectivity index (χ4v) is 4.24. The average molecular weight is 423 g/mol. The van der Waals surface area contributed by atoms with Crippen LogP contribution in [0.5, 0.6) is 5.75 Å². The molecule has 2 aliphatic rings. The van der Waals surface area contributed by atoms with E-state index in [-0.39, 0.29) is 11.2 Å². The number of carbonyl (C=O) groups excluding carboxylic acids is 1. The Labute approximate surface area is 180 Å². The lowest BCUT2D eigenvalue weighted by molar-refractivity contribution is 0.102. The van der Waals surface area contributed by atoms with Gasteiger partial charge in [-0.3, -0.25) is 4.79 Å². The zero-order valence-corrected chi connectivity index (χ0v) is 17.7. The summed E-state index contributed by atoms with van der Waals surface area (Å²) in [5, 5.41) is 6.26. The molecule has 1 amide bonds. The number of ether oxygens (including phenoxy) is 1. The van der Waals surface area contributed by atoms with E-state index in [0.717, 1.165) is 31.0 Å². The summed E-state index contributed by atoms with van der Waals surface area (Å²) in [6, 6.07) is 6.72. The van der Waals surface area contributed by atoms with Crippen molar-refractivity contribution in [3.8, 4) is 5.75 Å². The summed E-state index contributed by atoms with van der Waals surface area (Å²) >= 11 is 0. The van der Waals surface area contributed by atoms with E-state index in [1.807, 2.05) is 26.1 Å². The first kappa shape index (κ1) is 19.8. The van der Waals surface area contributed by atoms with Gasteiger partial charge in [0.05, 0.1) is 23.6 Å². The van der Waals surface area contributed by atoms with E-state index < -0.39 is 11.7 Å². The number of carbonyl (C=O) groups is 1. The molecule has 8 heteroatoms. The molecule has 3 heterocycles. The second-order valence-corrected chi connectivity index (χ2v) is 8.38. The first-order chi connectivity index (χ1) is 15.0. The van der Waals surface area contributed by atoms with Gasteiger partial charge in [0, 0.05) is 49.3 Å². The molecule has 0 unspecified atom stereocenters. The van der Waals surface area contributed by atoms with Gasteiger partial charge in [-0.05, 0) is 44.9 Å². The highest BCUT2D eigenvalue weighted by molar-refractivity contribution is 6.06. The minimum atomic E-state index is -0.452. The van der Waals surface area contributed by atoms with Gasteiger partial charge >= 0.3 is 0 Å². The standard InChI is InChI=1S/C23H26FN5O2/c1-3-31-20-11-21-26-15(2)12-29(21)13-17(20)22(30)27-19-5-4-16(10-18(19)24)28-9-8-25-23(14-28)6-7-23/h4-5,10-13,25H,3,6-9,14H2,1-2H3,(H,27,30). The number of aromatic nitrogens is 2. The van der Waals surface area contributed by atoms with Crippen LogP contribution in [0.4, 0.5) is 15.8 Å². The Morgan fingerprint density at radius 2 is 2.16 bits per heavy atom. The van der Waals surface area contributed by atoms with E-state index in [4.69, 9.17) is 4.74 Å². The number of aryl methyl sites for hydroxylation is 1. The second-order valence-electron chi connectivity index (χ2n) is 8.38. The predicted octanol–water partition coefficient (Wildman–Crippen LogP) is 3.38. The van der Waals surface area contributed by atoms with Crippen molar-refractivity contribution in [1.82, 2.24) is 14.7 Å². The monoisotopic (exact) mass is 423 g/mol. The Morgan fingerprint density at radius 3 is 2.90 bits per heavy atom. The van der Waals surface area contributed by atoms with Crippen LogP contribution in [0.3, 0.4) is 0 Å². The van der Waals surface area contributed by atoms with Crippen molar-refractivity contribution in [2.75, 3.05) is 36.5 Å². The minimum absolute atomic E-state index is 0.148. The van der Waals surface area contributed by atoms with E-state index in [9.17, 15) is 9.18 Å². The summed E-state index contributed by atoms with van der Waals surface area (Å²) in [6.45, 7) is 6.77. The third-order valence-electron chi connectivity index (χ3n) is 6.01. The number of hydrogen-bond donors (Lipinski definition) is 2. The molecule has 5 rings (SSSR count). The van der Waals surface area contributed by atoms with E-state index in [0.29, 0.717) is 23.6 Å². The summed E-state index contributed by atoms with van der Waals surface area (Å²) in [5.74, 6) is -0.458. The Kier molecular flexibility index (Phi) is 4.81. The first-order valence-electron chi connectivity index (χ1n) is 10.7. The van der Waals surface area contributed by atoms with Crippen LogP contribution in [0.15, 0.2) is 36.7 Å². The van der Waals surface area contributed by atoms with E-state index in [2.05, 4.69) is 20.5 Å². The van der Waals surface area contributed by atoms with Crippen molar-refractivity contribution in [1.29, 1.82) is 0 Å². The molecule has 2 fully saturated rings. The van der Waals surface area contributed by atoms with Crippen LogP contribution in [-0.4, -0.2) is 47.1 Å². The highest BCUT2D eigenvalue weighted by Gasteiger charge is 2.45. The maximum absolute atomic E-state index is 14.9. The Morgan fingerprint density at radius 1 is 1.32 bits per heavy atom. The molecule has 1 saturated heterocycles. The van der Waals surface area contributed by atoms with Crippen LogP contribution in [0.25, 0.3) is 5.65 Å². The number of piperazine rings is 1. The predicted molar refractivity (Wildman–Crippen MR) is 118 cm³/mol. The molecule has 3 aromatic rings. The average Bonchev–Trinajstić information content (AvgIpc) is 3.38. The molecule has 2 N–H and O–H groups in total. The molecule has 162 valence electrons. The largest absolute Gasteiger partial charge is 0.493 e. The van der Waals surface area contributed by atoms with Crippen LogP contribution in [-0.2, 0) is 0 Å². The topological polar surface area (TPSA) is 70.9 Å². The van der Waals surface area contributed by atoms with Crippen LogP contribution >= 0.6 is 0 Å². The van der Waals surface area contributed by atoms with Gasteiger partial charge in [0.15, 0.2) is 0 Å². The Bertz CT molecular complexity index is 1150. The number of pyridine rings is 1. The lowest BCUT2D eigenvalue weighted by Gasteiger charge is -2.35. The number of anilines is 2. The third-order valence-corrected chi connectivity index (χ3v) is 6.01. The fraction of sp³-hybridized carbons (Fsp3) is 0.391. The highest BCUT2D eigenvalue weighted by atomic mass is 19.1. The number of rotatable bonds is 5. The quantitative estimate of drug-likeness (QED) is 0.659. The van der Waals surface area contributed by atoms with Crippen molar-refractivity contribution in [3.63, 3.8) is 0 Å². The Hall–Kier alpha value is -3.13. The van der Waals surface area contributed by atoms with Crippen LogP contribution in [0.1, 0.15) is 35.8 Å². The molecular weight excluding hydrogens is 397 g/mol. The first-order valence-corrected chi connectivity index (χ1v) is 10.7. The van der Waals surface area contributed by atoms with Gasteiger partial charge in [0.1, 0.15) is 17.2 Å². The van der Waals surface area contributed by atoms with Gasteiger partial charge in [-0.25, -0.2) is 9.37 Å². The molecule has 1 aliphatic heterocycles. The molecule has 1 saturated carbocycles. The molecular formula is C23H26FN5O2. The van der Waals surface area contributed by atoms with Gasteiger partial charge in [-0.2, -0.15) is 0 Å². The van der Waals surface area contributed by atoms with Crippen LogP contribution in [0, 0.1) is 12.7 Å². The molecule has 7 nitrogen and oxygen atoms in total. The zero-order valence-electron chi connectivity index (χ0n) is 17.7. The normalized spacial score (nSPS) is 17.2. The van der Waals surface area contributed by atoms with Gasteiger partial charge in [0.2, 0.25) is 0 Å². The number of halogens is 1. The lowest BCUT2D eigenvalue weighted by Crippen LogP contribution is -2.52. The number of hydrogen-bond acceptors (Lipinski definition) is 5. The maximum Gasteiger partial charge on any atom is 0.261 e. The number of nitrogens with one attached hydrogen (secondary N) is 2. The number of fused-ring (bicyclic) bond motifs is 1. The fourth-order valence-electron chi connectivity index (χ4n) is 4.24. The molecule has 31 heavy (non-hydrogen) atoms. The lowest BCUT2D eigenvalue weighted by atomic mass is 10.1. The molecule has 1 spiro atoms. The molecule has 0 radical (unpaired) electrons. The van der Waals surface area contributed by atoms with Gasteiger partial charge in [-0.1, -0.05) is 0 Å². The maximum atomic E-state index is 14.9. The molecule has 2 aromatic heterocycles. The molecule has 0 bridgehead atoms. The van der Waals surface area contributed by atoms with Crippen molar-refractivity contribution >= 4 is 22.9 Å². The molecule has 0 atom stereocenters. The summed E-state index contributed by atoms with van der Waals surface area (Å²) in [6.07, 6.45) is 5.83. The van der Waals surface area contributed by atoms with E-state index >= 15 is 0 Å². The zero-order chi connectivity index (χ0) is 21.6. The SMILES string of the molecule is CCOc1cc2nc(C)cn2cc1C(=O)Nc1ccc(N2CCNC3(CC3)C2)cc1F. The second kappa shape index (κ2) is 7.53. The van der Waals surface area contributed by atoms with Gasteiger partial charge in [-0.15, -0.1) is 0 Å². The highest BCUT2D eigenvalue weighted by Crippen LogP contribution is 2.39. The minimum Gasteiger partial charge on any atom is -0.493 e. The van der Waals surface area contributed by atoms with E-state index in [1.54, 1.807) is 22.7 Å². The summed E-state index contributed by atoms with van der Waals surface area (Å²) in [4.78, 5) is 19.6. The molecule has 1 aliphatic carbocycles. The van der Waals surface area contributed by atoms with Crippen molar-refractivity contribution < 1.29 is 13.9 Å². The van der Waals surface area contributed by atoms with Gasteiger partial charge < -0.3 is 24.7 Å². The van der Waals surface area contributed by atoms with Crippen molar-refractivity contribution in [3.05, 3.63) is 53.7 Å². The summed E-state index contributed by atoms with van der Waals surface area (Å²) in [5.41, 5.74) is 3.05. The van der Waals surface area contributed by atoms with Gasteiger partial charge in [0.25, 0.3) is 5.91 Å². The van der Waals surface area contributed by atoms with Crippen LogP contribution in [0.2, 0.25) is 0 Å². The van der Waals surface area contributed by atoms with Crippen molar-refractivity contribution in [2.24, 2.45) is 0 Å². The number of nitrogens with zero attached hydrogens (tertiary/aromatic N) is 3.